The van der Waals surface area contributed by atoms with Crippen LogP contribution in [-0.2, 0) is 4.43 Å². The van der Waals surface area contributed by atoms with Crippen molar-refractivity contribution in [1.82, 2.24) is 0 Å². The van der Waals surface area contributed by atoms with Crippen molar-refractivity contribution in [3.05, 3.63) is 0 Å². The summed E-state index contributed by atoms with van der Waals surface area (Å²) in [4.78, 5) is 0. The van der Waals surface area contributed by atoms with Crippen molar-refractivity contribution in [2.24, 2.45) is 0 Å². The van der Waals surface area contributed by atoms with Crippen LogP contribution in [0.5, 0.6) is 0 Å². The molecule has 0 saturated heterocycles. The van der Waals surface area contributed by atoms with Gasteiger partial charge >= 0.3 is 0 Å². The average molecular weight is 212 g/mol. The van der Waals surface area contributed by atoms with Gasteiger partial charge in [-0.15, -0.1) is 12.3 Å². The van der Waals surface area contributed by atoms with Crippen molar-refractivity contribution in [1.29, 1.82) is 0 Å². The molecule has 2 heteroatoms. The maximum Gasteiger partial charge on any atom is 0.192 e. The molecule has 0 amide bonds. The zero-order chi connectivity index (χ0) is 11.4. The monoisotopic (exact) mass is 212 g/mol. The lowest BCUT2D eigenvalue weighted by Crippen LogP contribution is -2.43. The highest BCUT2D eigenvalue weighted by molar-refractivity contribution is 6.74. The Morgan fingerprint density at radius 2 is 1.86 bits per heavy atom. The second-order valence-electron chi connectivity index (χ2n) is 5.43. The van der Waals surface area contributed by atoms with E-state index in [2.05, 4.69) is 46.7 Å². The summed E-state index contributed by atoms with van der Waals surface area (Å²) < 4.78 is 6.15. The molecule has 0 saturated carbocycles. The molecule has 0 heterocycles. The fraction of sp³-hybridized carbons (Fsp3) is 0.833. The molecule has 0 spiro atoms. The van der Waals surface area contributed by atoms with E-state index in [1.807, 2.05) is 0 Å². The van der Waals surface area contributed by atoms with Crippen molar-refractivity contribution in [2.75, 3.05) is 0 Å². The summed E-state index contributed by atoms with van der Waals surface area (Å²) in [5.41, 5.74) is 0. The molecule has 0 unspecified atom stereocenters. The lowest BCUT2D eigenvalue weighted by Gasteiger charge is -2.38. The normalized spacial score (nSPS) is 14.9. The summed E-state index contributed by atoms with van der Waals surface area (Å²) in [5, 5.41) is 0.289. The highest BCUT2D eigenvalue weighted by Gasteiger charge is 2.38. The highest BCUT2D eigenvalue weighted by Crippen LogP contribution is 2.37. The van der Waals surface area contributed by atoms with Gasteiger partial charge in [-0.2, -0.15) is 0 Å². The molecule has 0 aromatic heterocycles. The van der Waals surface area contributed by atoms with E-state index in [0.717, 1.165) is 12.8 Å². The van der Waals surface area contributed by atoms with Gasteiger partial charge in [-0.05, 0) is 31.5 Å². The number of terminal acetylenes is 1. The van der Waals surface area contributed by atoms with E-state index >= 15 is 0 Å². The Morgan fingerprint density at radius 1 is 1.36 bits per heavy atom. The van der Waals surface area contributed by atoms with Crippen molar-refractivity contribution < 1.29 is 4.43 Å². The van der Waals surface area contributed by atoms with Gasteiger partial charge in [0.25, 0.3) is 0 Å². The van der Waals surface area contributed by atoms with Crippen LogP contribution < -0.4 is 0 Å². The summed E-state index contributed by atoms with van der Waals surface area (Å²) in [6.07, 6.45) is 7.32. The van der Waals surface area contributed by atoms with Crippen LogP contribution in [0.3, 0.4) is 0 Å². The van der Waals surface area contributed by atoms with Crippen molar-refractivity contribution >= 4 is 8.32 Å². The standard InChI is InChI=1S/C12H24OSi/c1-8-9-10-11(2)13-14(6,7)12(3,4)5/h1,11H,9-10H2,2-7H3/t11-/m1/s1. The average Bonchev–Trinajstić information content (AvgIpc) is 1.97. The van der Waals surface area contributed by atoms with Gasteiger partial charge in [0.15, 0.2) is 8.32 Å². The van der Waals surface area contributed by atoms with E-state index in [1.54, 1.807) is 0 Å². The van der Waals surface area contributed by atoms with Gasteiger partial charge in [-0.3, -0.25) is 0 Å². The maximum absolute atomic E-state index is 6.15. The van der Waals surface area contributed by atoms with E-state index in [0.29, 0.717) is 6.10 Å². The first-order chi connectivity index (χ1) is 6.20. The number of rotatable bonds is 4. The molecule has 0 aromatic carbocycles. The Hall–Kier alpha value is -0.263. The zero-order valence-electron chi connectivity index (χ0n) is 10.5. The summed E-state index contributed by atoms with van der Waals surface area (Å²) in [6.45, 7) is 13.4. The minimum atomic E-state index is -1.59. The van der Waals surface area contributed by atoms with Gasteiger partial charge < -0.3 is 4.43 Å². The Labute approximate surface area is 90.4 Å². The van der Waals surface area contributed by atoms with Crippen LogP contribution in [0, 0.1) is 12.3 Å². The molecule has 0 aliphatic rings. The van der Waals surface area contributed by atoms with Gasteiger partial charge in [0.05, 0.1) is 0 Å². The fourth-order valence-electron chi connectivity index (χ4n) is 1.03. The zero-order valence-corrected chi connectivity index (χ0v) is 11.5. The Kier molecular flexibility index (Phi) is 4.90. The lowest BCUT2D eigenvalue weighted by molar-refractivity contribution is 0.191. The topological polar surface area (TPSA) is 9.23 Å². The van der Waals surface area contributed by atoms with Crippen LogP contribution in [0.15, 0.2) is 0 Å². The van der Waals surface area contributed by atoms with Crippen LogP contribution >= 0.6 is 0 Å². The number of hydrogen-bond acceptors (Lipinski definition) is 1. The van der Waals surface area contributed by atoms with E-state index in [1.165, 1.54) is 0 Å². The largest absolute Gasteiger partial charge is 0.414 e. The molecule has 0 aromatic rings. The first-order valence-corrected chi connectivity index (χ1v) is 8.23. The molecule has 0 N–H and O–H groups in total. The van der Waals surface area contributed by atoms with Gasteiger partial charge in [-0.1, -0.05) is 20.8 Å². The molecule has 82 valence electrons. The SMILES string of the molecule is C#CCC[C@@H](C)O[Si](C)(C)C(C)(C)C. The second kappa shape index (κ2) is 5.00. The molecular formula is C12H24OSi. The molecular weight excluding hydrogens is 188 g/mol. The first-order valence-electron chi connectivity index (χ1n) is 5.32. The minimum Gasteiger partial charge on any atom is -0.414 e. The fourth-order valence-corrected chi connectivity index (χ4v) is 2.50. The van der Waals surface area contributed by atoms with E-state index < -0.39 is 8.32 Å². The Bertz CT molecular complexity index is 207. The van der Waals surface area contributed by atoms with Crippen molar-refractivity contribution in [3.8, 4) is 12.3 Å². The first kappa shape index (κ1) is 13.7. The molecule has 0 rings (SSSR count). The van der Waals surface area contributed by atoms with Crippen LogP contribution in [-0.4, -0.2) is 14.4 Å². The Morgan fingerprint density at radius 3 is 2.21 bits per heavy atom. The summed E-state index contributed by atoms with van der Waals surface area (Å²) in [6, 6.07) is 0. The Balaban J connectivity index is 4.17. The maximum atomic E-state index is 6.15. The van der Waals surface area contributed by atoms with Gasteiger partial charge in [-0.25, -0.2) is 0 Å². The van der Waals surface area contributed by atoms with Gasteiger partial charge in [0.2, 0.25) is 0 Å². The quantitative estimate of drug-likeness (QED) is 0.508. The predicted molar refractivity (Wildman–Crippen MR) is 65.8 cm³/mol. The lowest BCUT2D eigenvalue weighted by atomic mass is 10.2. The molecule has 0 radical (unpaired) electrons. The molecule has 0 bridgehead atoms. The predicted octanol–water partition coefficient (Wildman–Crippen LogP) is 3.81. The summed E-state index contributed by atoms with van der Waals surface area (Å²) in [7, 11) is -1.59. The third-order valence-corrected chi connectivity index (χ3v) is 7.60. The van der Waals surface area contributed by atoms with E-state index in [9.17, 15) is 0 Å². The second-order valence-corrected chi connectivity index (χ2v) is 10.2. The van der Waals surface area contributed by atoms with Crippen molar-refractivity contribution in [2.45, 2.75) is 64.8 Å². The van der Waals surface area contributed by atoms with Crippen LogP contribution in [0.1, 0.15) is 40.5 Å². The number of hydrogen-bond donors (Lipinski definition) is 0. The van der Waals surface area contributed by atoms with Gasteiger partial charge in [0.1, 0.15) is 0 Å². The van der Waals surface area contributed by atoms with Crippen LogP contribution in [0.4, 0.5) is 0 Å². The smallest absolute Gasteiger partial charge is 0.192 e. The third kappa shape index (κ3) is 4.30. The molecule has 0 aliphatic carbocycles. The third-order valence-electron chi connectivity index (χ3n) is 3.00. The molecule has 1 nitrogen and oxygen atoms in total. The van der Waals surface area contributed by atoms with Crippen molar-refractivity contribution in [3.63, 3.8) is 0 Å². The van der Waals surface area contributed by atoms with E-state index in [4.69, 9.17) is 10.8 Å². The molecule has 0 aliphatic heterocycles. The van der Waals surface area contributed by atoms with Gasteiger partial charge in [0, 0.05) is 12.5 Å². The molecule has 0 fully saturated rings. The minimum absolute atomic E-state index is 0.289. The molecule has 14 heavy (non-hydrogen) atoms. The van der Waals surface area contributed by atoms with Crippen LogP contribution in [0.25, 0.3) is 0 Å². The molecule has 1 atom stereocenters. The van der Waals surface area contributed by atoms with Crippen LogP contribution in [0.2, 0.25) is 18.1 Å². The summed E-state index contributed by atoms with van der Waals surface area (Å²) >= 11 is 0. The van der Waals surface area contributed by atoms with E-state index in [-0.39, 0.29) is 5.04 Å². The highest BCUT2D eigenvalue weighted by atomic mass is 28.4. The summed E-state index contributed by atoms with van der Waals surface area (Å²) in [5.74, 6) is 2.66.